The van der Waals surface area contributed by atoms with E-state index in [1.165, 1.54) is 19.2 Å². The summed E-state index contributed by atoms with van der Waals surface area (Å²) in [5, 5.41) is 41.1. The first-order valence-corrected chi connectivity index (χ1v) is 9.83. The maximum atomic E-state index is 14.1. The normalized spacial score (nSPS) is 15.0. The van der Waals surface area contributed by atoms with Gasteiger partial charge in [0.05, 0.1) is 31.5 Å². The fourth-order valence-corrected chi connectivity index (χ4v) is 3.08. The summed E-state index contributed by atoms with van der Waals surface area (Å²) in [5.74, 6) is -3.73. The summed E-state index contributed by atoms with van der Waals surface area (Å²) in [5.41, 5.74) is -0.193. The number of aliphatic hydroxyl groups is 4. The minimum absolute atomic E-state index is 0.0112. The molecule has 184 valence electrons. The lowest BCUT2D eigenvalue weighted by Crippen LogP contribution is -2.48. The molecular weight excluding hydrogens is 466 g/mol. The third-order valence-electron chi connectivity index (χ3n) is 4.92. The largest absolute Gasteiger partial charge is 0.493 e. The first-order chi connectivity index (χ1) is 16.2. The molecule has 1 heterocycles. The van der Waals surface area contributed by atoms with Crippen molar-refractivity contribution in [3.05, 3.63) is 48.0 Å². The number of aliphatic hydroxyl groups excluding tert-OH is 4. The molecule has 34 heavy (non-hydrogen) atoms. The van der Waals surface area contributed by atoms with Gasteiger partial charge in [-0.25, -0.2) is 27.5 Å². The molecule has 0 aliphatic heterocycles. The van der Waals surface area contributed by atoms with Gasteiger partial charge in [0.15, 0.2) is 35.4 Å². The van der Waals surface area contributed by atoms with E-state index in [9.17, 15) is 32.9 Å². The molecule has 0 saturated carbocycles. The number of hydrogen-bond donors (Lipinski definition) is 5. The number of hydrogen-bond acceptors (Lipinski definition) is 9. The van der Waals surface area contributed by atoms with Crippen LogP contribution in [-0.2, 0) is 0 Å². The predicted octanol–water partition coefficient (Wildman–Crippen LogP) is 1.59. The highest BCUT2D eigenvalue weighted by Crippen LogP contribution is 2.36. The molecule has 0 saturated heterocycles. The molecule has 9 nitrogen and oxygen atoms in total. The van der Waals surface area contributed by atoms with Crippen molar-refractivity contribution in [2.45, 2.75) is 24.5 Å². The standard InChI is InChI=1S/C21H21F4N3O6/c1-33-16-2-9-14(5-17(16)34-18(7-30)20(32)19(31)13(25)6-29)26-8-27-21(9)28-15-4-11(23)10(22)3-12(15)24/h2-5,8,13,18-20,29-32H,6-7H2,1H3,(H,26,27,28)/t13-,18-,19+,20+/m1/s1. The molecule has 1 aromatic heterocycles. The van der Waals surface area contributed by atoms with Crippen LogP contribution >= 0.6 is 0 Å². The SMILES string of the molecule is COc1cc2c(Nc3cc(F)c(F)cc3F)ncnc2cc1O[C@H](CO)[C@H](O)[C@@H](O)[C@H](F)CO. The van der Waals surface area contributed by atoms with Gasteiger partial charge in [-0.3, -0.25) is 0 Å². The van der Waals surface area contributed by atoms with Gasteiger partial charge in [-0.15, -0.1) is 0 Å². The van der Waals surface area contributed by atoms with Crippen molar-refractivity contribution >= 4 is 22.4 Å². The fourth-order valence-electron chi connectivity index (χ4n) is 3.08. The number of ether oxygens (including phenoxy) is 2. The highest BCUT2D eigenvalue weighted by Gasteiger charge is 2.34. The van der Waals surface area contributed by atoms with E-state index in [1.54, 1.807) is 0 Å². The zero-order chi connectivity index (χ0) is 25.0. The zero-order valence-electron chi connectivity index (χ0n) is 17.6. The second-order valence-electron chi connectivity index (χ2n) is 7.13. The molecule has 4 atom stereocenters. The van der Waals surface area contributed by atoms with E-state index in [2.05, 4.69) is 15.3 Å². The van der Waals surface area contributed by atoms with Gasteiger partial charge in [0.1, 0.15) is 30.2 Å². The van der Waals surface area contributed by atoms with Crippen LogP contribution in [0.2, 0.25) is 0 Å². The maximum Gasteiger partial charge on any atom is 0.164 e. The molecule has 13 heteroatoms. The Kier molecular flexibility index (Phi) is 8.04. The van der Waals surface area contributed by atoms with E-state index in [0.29, 0.717) is 12.1 Å². The van der Waals surface area contributed by atoms with Crippen LogP contribution in [0.4, 0.5) is 29.1 Å². The molecule has 0 spiro atoms. The van der Waals surface area contributed by atoms with Crippen LogP contribution in [0.3, 0.4) is 0 Å². The summed E-state index contributed by atoms with van der Waals surface area (Å²) in [6.07, 6.45) is -6.55. The van der Waals surface area contributed by atoms with Gasteiger partial charge in [-0.05, 0) is 6.07 Å². The molecule has 0 aliphatic rings. The highest BCUT2D eigenvalue weighted by atomic mass is 19.2. The van der Waals surface area contributed by atoms with E-state index >= 15 is 0 Å². The van der Waals surface area contributed by atoms with Crippen molar-refractivity contribution in [2.75, 3.05) is 25.6 Å². The van der Waals surface area contributed by atoms with Gasteiger partial charge in [-0.2, -0.15) is 0 Å². The number of nitrogens with one attached hydrogen (secondary N) is 1. The number of anilines is 2. The van der Waals surface area contributed by atoms with Crippen molar-refractivity contribution in [2.24, 2.45) is 0 Å². The van der Waals surface area contributed by atoms with E-state index in [-0.39, 0.29) is 33.9 Å². The molecule has 0 unspecified atom stereocenters. The van der Waals surface area contributed by atoms with Gasteiger partial charge in [0.2, 0.25) is 0 Å². The van der Waals surface area contributed by atoms with Gasteiger partial charge in [0, 0.05) is 23.6 Å². The lowest BCUT2D eigenvalue weighted by atomic mass is 10.0. The Bertz CT molecular complexity index is 1160. The zero-order valence-corrected chi connectivity index (χ0v) is 17.6. The number of benzene rings is 2. The van der Waals surface area contributed by atoms with Crippen LogP contribution in [-0.4, -0.2) is 75.2 Å². The molecule has 2 aromatic carbocycles. The van der Waals surface area contributed by atoms with Gasteiger partial charge in [-0.1, -0.05) is 0 Å². The Morgan fingerprint density at radius 3 is 2.26 bits per heavy atom. The maximum absolute atomic E-state index is 14.1. The number of aromatic nitrogens is 2. The van der Waals surface area contributed by atoms with Crippen molar-refractivity contribution in [1.29, 1.82) is 0 Å². The number of halogens is 4. The third-order valence-corrected chi connectivity index (χ3v) is 4.92. The van der Waals surface area contributed by atoms with Crippen LogP contribution in [0.25, 0.3) is 10.9 Å². The van der Waals surface area contributed by atoms with Crippen LogP contribution in [0, 0.1) is 17.5 Å². The second-order valence-corrected chi connectivity index (χ2v) is 7.13. The number of alkyl halides is 1. The summed E-state index contributed by atoms with van der Waals surface area (Å²) >= 11 is 0. The van der Waals surface area contributed by atoms with E-state index in [1.807, 2.05) is 0 Å². The topological polar surface area (TPSA) is 137 Å². The molecule has 3 aromatic rings. The van der Waals surface area contributed by atoms with Crippen LogP contribution in [0.15, 0.2) is 30.6 Å². The number of methoxy groups -OCH3 is 1. The molecule has 0 amide bonds. The van der Waals surface area contributed by atoms with E-state index < -0.39 is 55.1 Å². The fraction of sp³-hybridized carbons (Fsp3) is 0.333. The molecule has 0 fully saturated rings. The van der Waals surface area contributed by atoms with Crippen molar-refractivity contribution in [3.8, 4) is 11.5 Å². The van der Waals surface area contributed by atoms with E-state index in [4.69, 9.17) is 14.6 Å². The van der Waals surface area contributed by atoms with Crippen LogP contribution in [0.1, 0.15) is 0 Å². The minimum atomic E-state index is -2.18. The molecule has 0 bridgehead atoms. The average Bonchev–Trinajstić information content (AvgIpc) is 2.83. The minimum Gasteiger partial charge on any atom is -0.493 e. The van der Waals surface area contributed by atoms with E-state index in [0.717, 1.165) is 6.33 Å². The van der Waals surface area contributed by atoms with Gasteiger partial charge < -0.3 is 35.2 Å². The number of nitrogens with zero attached hydrogens (tertiary/aromatic N) is 2. The Hall–Kier alpha value is -3.26. The van der Waals surface area contributed by atoms with Crippen molar-refractivity contribution in [1.82, 2.24) is 9.97 Å². The first kappa shape index (κ1) is 25.4. The summed E-state index contributed by atoms with van der Waals surface area (Å²) in [6.45, 7) is -1.88. The van der Waals surface area contributed by atoms with Crippen molar-refractivity contribution < 1.29 is 47.5 Å². The molecule has 3 rings (SSSR count). The summed E-state index contributed by atoms with van der Waals surface area (Å²) in [6, 6.07) is 3.66. The van der Waals surface area contributed by atoms with Crippen LogP contribution < -0.4 is 14.8 Å². The Labute approximate surface area is 190 Å². The molecule has 0 aliphatic carbocycles. The molecule has 5 N–H and O–H groups in total. The summed E-state index contributed by atoms with van der Waals surface area (Å²) in [7, 11) is 1.27. The second kappa shape index (κ2) is 10.8. The Morgan fingerprint density at radius 1 is 0.912 bits per heavy atom. The van der Waals surface area contributed by atoms with Gasteiger partial charge >= 0.3 is 0 Å². The van der Waals surface area contributed by atoms with Crippen molar-refractivity contribution in [3.63, 3.8) is 0 Å². The molecule has 0 radical (unpaired) electrons. The quantitative estimate of drug-likeness (QED) is 0.213. The average molecular weight is 487 g/mol. The number of rotatable bonds is 10. The first-order valence-electron chi connectivity index (χ1n) is 9.83. The van der Waals surface area contributed by atoms with Crippen LogP contribution in [0.5, 0.6) is 11.5 Å². The Balaban J connectivity index is 1.96. The van der Waals surface area contributed by atoms with Gasteiger partial charge in [0.25, 0.3) is 0 Å². The Morgan fingerprint density at radius 2 is 1.62 bits per heavy atom. The predicted molar refractivity (Wildman–Crippen MR) is 111 cm³/mol. The monoisotopic (exact) mass is 487 g/mol. The summed E-state index contributed by atoms with van der Waals surface area (Å²) in [4.78, 5) is 8.02. The third kappa shape index (κ3) is 5.28. The lowest BCUT2D eigenvalue weighted by Gasteiger charge is -2.28. The smallest absolute Gasteiger partial charge is 0.164 e. The highest BCUT2D eigenvalue weighted by molar-refractivity contribution is 5.93. The number of fused-ring (bicyclic) bond motifs is 1. The molecular formula is C21H21F4N3O6. The summed E-state index contributed by atoms with van der Waals surface area (Å²) < 4.78 is 65.1. The lowest BCUT2D eigenvalue weighted by molar-refractivity contribution is -0.0981.